The lowest BCUT2D eigenvalue weighted by molar-refractivity contribution is -0.0297. The van der Waals surface area contributed by atoms with Gasteiger partial charge in [-0.05, 0) is 57.6 Å². The van der Waals surface area contributed by atoms with Crippen LogP contribution in [0.4, 0.5) is 0 Å². The number of likely N-dealkylation sites (N-methyl/N-ethyl adjacent to an activating group) is 1. The van der Waals surface area contributed by atoms with Crippen LogP contribution in [0.3, 0.4) is 0 Å². The predicted octanol–water partition coefficient (Wildman–Crippen LogP) is 2.81. The molecule has 0 spiro atoms. The van der Waals surface area contributed by atoms with Crippen LogP contribution in [0, 0.1) is 0 Å². The molecule has 1 aliphatic heterocycles. The SMILES string of the molecule is CN(C)[C@H]1CCN(CC(c2cccc(O)c2)C2(O)CCCCC2)C1. The molecule has 2 atom stereocenters. The van der Waals surface area contributed by atoms with Gasteiger partial charge in [-0.15, -0.1) is 0 Å². The second-order valence-electron chi connectivity index (χ2n) is 7.98. The van der Waals surface area contributed by atoms with Crippen molar-refractivity contribution in [2.24, 2.45) is 0 Å². The molecule has 1 aromatic rings. The third kappa shape index (κ3) is 3.93. The summed E-state index contributed by atoms with van der Waals surface area (Å²) in [5.41, 5.74) is 0.440. The van der Waals surface area contributed by atoms with Gasteiger partial charge in [-0.3, -0.25) is 0 Å². The number of rotatable bonds is 5. The van der Waals surface area contributed by atoms with Crippen molar-refractivity contribution in [2.75, 3.05) is 33.7 Å². The second-order valence-corrected chi connectivity index (χ2v) is 7.98. The fourth-order valence-corrected chi connectivity index (χ4v) is 4.50. The van der Waals surface area contributed by atoms with E-state index in [1.807, 2.05) is 12.1 Å². The van der Waals surface area contributed by atoms with Crippen molar-refractivity contribution < 1.29 is 10.2 Å². The molecule has 0 amide bonds. The van der Waals surface area contributed by atoms with Crippen LogP contribution in [0.5, 0.6) is 5.75 Å². The third-order valence-electron chi connectivity index (χ3n) is 6.06. The Morgan fingerprint density at radius 2 is 2.00 bits per heavy atom. The summed E-state index contributed by atoms with van der Waals surface area (Å²) < 4.78 is 0. The normalized spacial score (nSPS) is 25.9. The molecule has 1 aromatic carbocycles. The average Bonchev–Trinajstić information content (AvgIpc) is 3.02. The first-order chi connectivity index (χ1) is 11.5. The molecule has 4 nitrogen and oxygen atoms in total. The molecule has 0 bridgehead atoms. The van der Waals surface area contributed by atoms with Crippen molar-refractivity contribution in [1.29, 1.82) is 0 Å². The van der Waals surface area contributed by atoms with Crippen molar-refractivity contribution in [3.63, 3.8) is 0 Å². The van der Waals surface area contributed by atoms with Crippen LogP contribution in [0.1, 0.15) is 50.0 Å². The minimum absolute atomic E-state index is 0.0748. The molecule has 1 unspecified atom stereocenters. The maximum Gasteiger partial charge on any atom is 0.115 e. The monoisotopic (exact) mass is 332 g/mol. The van der Waals surface area contributed by atoms with E-state index in [0.717, 1.165) is 50.9 Å². The first-order valence-electron chi connectivity index (χ1n) is 9.38. The average molecular weight is 332 g/mol. The molecule has 0 aromatic heterocycles. The van der Waals surface area contributed by atoms with Crippen molar-refractivity contribution in [3.8, 4) is 5.75 Å². The van der Waals surface area contributed by atoms with Crippen LogP contribution in [0.2, 0.25) is 0 Å². The summed E-state index contributed by atoms with van der Waals surface area (Å²) in [4.78, 5) is 4.80. The van der Waals surface area contributed by atoms with Gasteiger partial charge in [0.25, 0.3) is 0 Å². The van der Waals surface area contributed by atoms with Gasteiger partial charge >= 0.3 is 0 Å². The number of phenolic OH excluding ortho intramolecular Hbond substituents is 1. The molecule has 3 rings (SSSR count). The van der Waals surface area contributed by atoms with E-state index in [4.69, 9.17) is 0 Å². The highest BCUT2D eigenvalue weighted by molar-refractivity contribution is 5.32. The highest BCUT2D eigenvalue weighted by atomic mass is 16.3. The predicted molar refractivity (Wildman–Crippen MR) is 97.4 cm³/mol. The molecule has 1 heterocycles. The quantitative estimate of drug-likeness (QED) is 0.870. The second kappa shape index (κ2) is 7.42. The van der Waals surface area contributed by atoms with E-state index >= 15 is 0 Å². The smallest absolute Gasteiger partial charge is 0.115 e. The summed E-state index contributed by atoms with van der Waals surface area (Å²) in [6.07, 6.45) is 6.37. The fraction of sp³-hybridized carbons (Fsp3) is 0.700. The molecule has 1 saturated carbocycles. The van der Waals surface area contributed by atoms with Gasteiger partial charge in [0.05, 0.1) is 5.60 Å². The van der Waals surface area contributed by atoms with Crippen LogP contribution in [-0.2, 0) is 0 Å². The summed E-state index contributed by atoms with van der Waals surface area (Å²) in [6.45, 7) is 3.04. The number of benzene rings is 1. The maximum atomic E-state index is 11.4. The van der Waals surface area contributed by atoms with Crippen LogP contribution in [-0.4, -0.2) is 65.4 Å². The van der Waals surface area contributed by atoms with Crippen LogP contribution in [0.25, 0.3) is 0 Å². The van der Waals surface area contributed by atoms with Crippen molar-refractivity contribution in [1.82, 2.24) is 9.80 Å². The number of likely N-dealkylation sites (tertiary alicyclic amines) is 1. The first-order valence-corrected chi connectivity index (χ1v) is 9.38. The van der Waals surface area contributed by atoms with E-state index in [-0.39, 0.29) is 5.92 Å². The molecular formula is C20H32N2O2. The van der Waals surface area contributed by atoms with Gasteiger partial charge in [-0.25, -0.2) is 0 Å². The molecule has 4 heteroatoms. The van der Waals surface area contributed by atoms with Crippen LogP contribution >= 0.6 is 0 Å². The lowest BCUT2D eigenvalue weighted by Gasteiger charge is -2.41. The summed E-state index contributed by atoms with van der Waals surface area (Å²) in [7, 11) is 4.30. The molecule has 24 heavy (non-hydrogen) atoms. The highest BCUT2D eigenvalue weighted by Gasteiger charge is 2.40. The number of aromatic hydroxyl groups is 1. The van der Waals surface area contributed by atoms with Crippen LogP contribution in [0.15, 0.2) is 24.3 Å². The topological polar surface area (TPSA) is 46.9 Å². The first kappa shape index (κ1) is 17.7. The maximum absolute atomic E-state index is 11.4. The van der Waals surface area contributed by atoms with Gasteiger partial charge in [0, 0.05) is 25.0 Å². The Kier molecular flexibility index (Phi) is 5.48. The minimum Gasteiger partial charge on any atom is -0.508 e. The number of nitrogens with zero attached hydrogens (tertiary/aromatic N) is 2. The minimum atomic E-state index is -0.637. The Morgan fingerprint density at radius 1 is 1.25 bits per heavy atom. The number of phenols is 1. The molecule has 0 radical (unpaired) electrons. The van der Waals surface area contributed by atoms with Gasteiger partial charge in [-0.1, -0.05) is 31.4 Å². The van der Waals surface area contributed by atoms with Crippen molar-refractivity contribution >= 4 is 0 Å². The molecule has 1 saturated heterocycles. The molecule has 1 aliphatic carbocycles. The summed E-state index contributed by atoms with van der Waals surface area (Å²) in [5.74, 6) is 0.371. The summed E-state index contributed by atoms with van der Waals surface area (Å²) in [6, 6.07) is 8.13. The van der Waals surface area contributed by atoms with Gasteiger partial charge < -0.3 is 20.0 Å². The highest BCUT2D eigenvalue weighted by Crippen LogP contribution is 2.41. The van der Waals surface area contributed by atoms with E-state index in [1.54, 1.807) is 6.07 Å². The molecule has 134 valence electrons. The van der Waals surface area contributed by atoms with Crippen molar-refractivity contribution in [3.05, 3.63) is 29.8 Å². The van der Waals surface area contributed by atoms with E-state index in [9.17, 15) is 10.2 Å². The van der Waals surface area contributed by atoms with Gasteiger partial charge in [0.1, 0.15) is 5.75 Å². The molecule has 2 aliphatic rings. The standard InChI is InChI=1S/C20H32N2O2/c1-21(2)17-9-12-22(14-17)15-19(16-7-6-8-18(23)13-16)20(24)10-4-3-5-11-20/h6-8,13,17,19,23-24H,3-5,9-12,14-15H2,1-2H3/t17-,19?/m0/s1. The van der Waals surface area contributed by atoms with Gasteiger partial charge in [0.2, 0.25) is 0 Å². The molecule has 2 fully saturated rings. The molecular weight excluding hydrogens is 300 g/mol. The Morgan fingerprint density at radius 3 is 2.62 bits per heavy atom. The molecule has 2 N–H and O–H groups in total. The van der Waals surface area contributed by atoms with Gasteiger partial charge in [-0.2, -0.15) is 0 Å². The lowest BCUT2D eigenvalue weighted by Crippen LogP contribution is -2.44. The Labute approximate surface area is 146 Å². The summed E-state index contributed by atoms with van der Waals surface area (Å²) in [5, 5.41) is 21.3. The van der Waals surface area contributed by atoms with E-state index in [1.165, 1.54) is 12.8 Å². The number of hydrogen-bond acceptors (Lipinski definition) is 4. The largest absolute Gasteiger partial charge is 0.508 e. The third-order valence-corrected chi connectivity index (χ3v) is 6.06. The number of hydrogen-bond donors (Lipinski definition) is 2. The van der Waals surface area contributed by atoms with E-state index in [2.05, 4.69) is 30.0 Å². The van der Waals surface area contributed by atoms with Crippen LogP contribution < -0.4 is 0 Å². The lowest BCUT2D eigenvalue weighted by atomic mass is 9.72. The Bertz CT molecular complexity index is 540. The zero-order valence-corrected chi connectivity index (χ0v) is 15.1. The van der Waals surface area contributed by atoms with Crippen molar-refractivity contribution in [2.45, 2.75) is 56.1 Å². The number of aliphatic hydroxyl groups is 1. The summed E-state index contributed by atoms with van der Waals surface area (Å²) >= 11 is 0. The van der Waals surface area contributed by atoms with E-state index in [0.29, 0.717) is 11.8 Å². The zero-order chi connectivity index (χ0) is 17.2. The Hall–Kier alpha value is -1.10. The van der Waals surface area contributed by atoms with E-state index < -0.39 is 5.60 Å². The Balaban J connectivity index is 1.80. The van der Waals surface area contributed by atoms with Gasteiger partial charge in [0.15, 0.2) is 0 Å². The fourth-order valence-electron chi connectivity index (χ4n) is 4.50. The zero-order valence-electron chi connectivity index (χ0n) is 15.1.